The summed E-state index contributed by atoms with van der Waals surface area (Å²) in [5, 5.41) is 20.4. The fourth-order valence-electron chi connectivity index (χ4n) is 7.09. The molecular weight excluding hydrogens is 544 g/mol. The molecule has 8 nitrogen and oxygen atoms in total. The van der Waals surface area contributed by atoms with Crippen LogP contribution < -0.4 is 9.47 Å². The minimum atomic E-state index is -1.78. The van der Waals surface area contributed by atoms with E-state index < -0.39 is 29.4 Å². The Kier molecular flexibility index (Phi) is 8.27. The highest BCUT2D eigenvalue weighted by atomic mass is 16.5. The van der Waals surface area contributed by atoms with Crippen LogP contribution in [0.1, 0.15) is 77.2 Å². The second-order valence-electron chi connectivity index (χ2n) is 11.7. The number of carbonyl (C=O) groups excluding carboxylic acids is 2. The second kappa shape index (κ2) is 11.9. The number of carbonyl (C=O) groups is 3. The summed E-state index contributed by atoms with van der Waals surface area (Å²) in [7, 11) is 3.01. The zero-order valence-electron chi connectivity index (χ0n) is 24.9. The maximum Gasteiger partial charge on any atom is 0.330 e. The minimum absolute atomic E-state index is 0.241. The van der Waals surface area contributed by atoms with Gasteiger partial charge >= 0.3 is 5.97 Å². The standard InChI is InChI=1S/C35H36N2O6/c1-21-8-7-11-26(18-21)31-29(32(38)23-14-12-22(20-36)13-15-23)30(25-16-17-27(42-3)28(19-25)43-4)35(2,34(40)41)37(31)33(39)24-9-5-6-10-24/h7-8,11-19,24,29-31H,5-6,9-10H2,1-4H3,(H,40,41). The average molecular weight is 581 g/mol. The normalized spacial score (nSPS) is 23.5. The molecule has 43 heavy (non-hydrogen) atoms. The molecule has 1 N–H and O–H groups in total. The van der Waals surface area contributed by atoms with Crippen LogP contribution >= 0.6 is 0 Å². The molecule has 3 aromatic rings. The highest BCUT2D eigenvalue weighted by Gasteiger charge is 2.65. The van der Waals surface area contributed by atoms with Crippen LogP contribution in [0.3, 0.4) is 0 Å². The van der Waals surface area contributed by atoms with Gasteiger partial charge < -0.3 is 19.5 Å². The van der Waals surface area contributed by atoms with Crippen molar-refractivity contribution >= 4 is 17.7 Å². The van der Waals surface area contributed by atoms with Gasteiger partial charge in [0.2, 0.25) is 5.91 Å². The second-order valence-corrected chi connectivity index (χ2v) is 11.7. The van der Waals surface area contributed by atoms with Gasteiger partial charge in [-0.05, 0) is 62.1 Å². The molecule has 1 amide bonds. The number of aryl methyl sites for hydroxylation is 1. The molecule has 1 aliphatic carbocycles. The van der Waals surface area contributed by atoms with Crippen molar-refractivity contribution in [2.45, 2.75) is 57.0 Å². The molecule has 4 atom stereocenters. The van der Waals surface area contributed by atoms with Gasteiger partial charge in [0, 0.05) is 17.4 Å². The molecule has 0 spiro atoms. The van der Waals surface area contributed by atoms with Crippen LogP contribution in [0.5, 0.6) is 11.5 Å². The highest BCUT2D eigenvalue weighted by molar-refractivity contribution is 6.02. The van der Waals surface area contributed by atoms with Crippen LogP contribution in [-0.4, -0.2) is 47.4 Å². The lowest BCUT2D eigenvalue weighted by Crippen LogP contribution is -2.55. The van der Waals surface area contributed by atoms with E-state index in [1.54, 1.807) is 49.4 Å². The van der Waals surface area contributed by atoms with Crippen molar-refractivity contribution in [2.24, 2.45) is 11.8 Å². The number of benzene rings is 3. The Bertz CT molecular complexity index is 1590. The number of hydrogen-bond acceptors (Lipinski definition) is 6. The summed E-state index contributed by atoms with van der Waals surface area (Å²) < 4.78 is 11.0. The molecule has 0 bridgehead atoms. The SMILES string of the molecule is COc1ccc(C2C(C(=O)c3ccc(C#N)cc3)C(c3cccc(C)c3)N(C(=O)C3CCCC3)C2(C)C(=O)O)cc1OC. The Balaban J connectivity index is 1.81. The maximum atomic E-state index is 14.7. The first kappa shape index (κ1) is 29.8. The number of carboxylic acids is 1. The number of hydrogen-bond donors (Lipinski definition) is 1. The van der Waals surface area contributed by atoms with Crippen LogP contribution in [0.2, 0.25) is 0 Å². The first-order valence-electron chi connectivity index (χ1n) is 14.5. The van der Waals surface area contributed by atoms with Crippen molar-refractivity contribution in [3.63, 3.8) is 0 Å². The molecular formula is C35H36N2O6. The molecule has 1 aliphatic heterocycles. The maximum absolute atomic E-state index is 14.7. The number of aliphatic carboxylic acids is 1. The number of carboxylic acid groups (broad SMARTS) is 1. The molecule has 1 heterocycles. The van der Waals surface area contributed by atoms with E-state index in [9.17, 15) is 24.8 Å². The predicted octanol–water partition coefficient (Wildman–Crippen LogP) is 6.08. The molecule has 0 radical (unpaired) electrons. The largest absolute Gasteiger partial charge is 0.493 e. The van der Waals surface area contributed by atoms with Gasteiger partial charge in [0.05, 0.1) is 37.8 Å². The van der Waals surface area contributed by atoms with Gasteiger partial charge in [-0.1, -0.05) is 60.9 Å². The summed E-state index contributed by atoms with van der Waals surface area (Å²) in [5.41, 5.74) is 1.16. The third-order valence-corrected chi connectivity index (χ3v) is 9.21. The fraction of sp³-hybridized carbons (Fsp3) is 0.371. The van der Waals surface area contributed by atoms with Crippen molar-refractivity contribution in [2.75, 3.05) is 14.2 Å². The first-order chi connectivity index (χ1) is 20.6. The topological polar surface area (TPSA) is 117 Å². The van der Waals surface area contributed by atoms with Gasteiger partial charge in [0.1, 0.15) is 5.54 Å². The van der Waals surface area contributed by atoms with E-state index in [1.165, 1.54) is 19.1 Å². The summed E-state index contributed by atoms with van der Waals surface area (Å²) in [6.45, 7) is 3.50. The van der Waals surface area contributed by atoms with E-state index in [-0.39, 0.29) is 17.6 Å². The molecule has 2 fully saturated rings. The number of ketones is 1. The molecule has 1 saturated heterocycles. The Labute approximate surface area is 251 Å². The third kappa shape index (κ3) is 5.14. The van der Waals surface area contributed by atoms with Crippen molar-refractivity contribution in [1.82, 2.24) is 4.90 Å². The van der Waals surface area contributed by atoms with Crippen molar-refractivity contribution in [1.29, 1.82) is 5.26 Å². The molecule has 5 rings (SSSR count). The smallest absolute Gasteiger partial charge is 0.330 e. The summed E-state index contributed by atoms with van der Waals surface area (Å²) >= 11 is 0. The lowest BCUT2D eigenvalue weighted by atomic mass is 9.71. The van der Waals surface area contributed by atoms with Gasteiger partial charge in [0.15, 0.2) is 17.3 Å². The summed E-state index contributed by atoms with van der Waals surface area (Å²) in [6, 6.07) is 20.3. The first-order valence-corrected chi connectivity index (χ1v) is 14.5. The van der Waals surface area contributed by atoms with Crippen LogP contribution in [0.4, 0.5) is 0 Å². The molecule has 2 aliphatic rings. The zero-order chi connectivity index (χ0) is 30.9. The number of methoxy groups -OCH3 is 2. The zero-order valence-corrected chi connectivity index (χ0v) is 24.9. The predicted molar refractivity (Wildman–Crippen MR) is 160 cm³/mol. The molecule has 222 valence electrons. The highest BCUT2D eigenvalue weighted by Crippen LogP contribution is 2.58. The Morgan fingerprint density at radius 2 is 1.60 bits per heavy atom. The summed E-state index contributed by atoms with van der Waals surface area (Å²) in [6.07, 6.45) is 3.16. The lowest BCUT2D eigenvalue weighted by Gasteiger charge is -2.39. The van der Waals surface area contributed by atoms with Crippen LogP contribution in [-0.2, 0) is 9.59 Å². The number of Topliss-reactive ketones (excluding diaryl/α,β-unsaturated/α-hetero) is 1. The van der Waals surface area contributed by atoms with E-state index in [2.05, 4.69) is 6.07 Å². The number of nitrogens with zero attached hydrogens (tertiary/aromatic N) is 2. The molecule has 1 saturated carbocycles. The number of rotatable bonds is 8. The molecule has 0 aromatic heterocycles. The Hall–Kier alpha value is -4.64. The number of amides is 1. The van der Waals surface area contributed by atoms with Crippen LogP contribution in [0, 0.1) is 30.1 Å². The van der Waals surface area contributed by atoms with E-state index in [4.69, 9.17) is 9.47 Å². The number of ether oxygens (including phenoxy) is 2. The molecule has 3 aromatic carbocycles. The average Bonchev–Trinajstić information content (AvgIpc) is 3.66. The van der Waals surface area contributed by atoms with E-state index in [0.717, 1.165) is 18.4 Å². The summed E-state index contributed by atoms with van der Waals surface area (Å²) in [4.78, 5) is 44.3. The van der Waals surface area contributed by atoms with E-state index >= 15 is 0 Å². The van der Waals surface area contributed by atoms with Gasteiger partial charge in [-0.3, -0.25) is 9.59 Å². The van der Waals surface area contributed by atoms with E-state index in [0.29, 0.717) is 46.6 Å². The van der Waals surface area contributed by atoms with Crippen LogP contribution in [0.25, 0.3) is 0 Å². The Morgan fingerprint density at radius 1 is 0.930 bits per heavy atom. The molecule has 4 unspecified atom stereocenters. The van der Waals surface area contributed by atoms with Gasteiger partial charge in [-0.25, -0.2) is 4.79 Å². The van der Waals surface area contributed by atoms with Crippen molar-refractivity contribution in [3.8, 4) is 17.6 Å². The quantitative estimate of drug-likeness (QED) is 0.321. The lowest BCUT2D eigenvalue weighted by molar-refractivity contribution is -0.159. The van der Waals surface area contributed by atoms with Gasteiger partial charge in [0.25, 0.3) is 0 Å². The number of likely N-dealkylation sites (tertiary alicyclic amines) is 1. The monoisotopic (exact) mass is 580 g/mol. The fourth-order valence-corrected chi connectivity index (χ4v) is 7.09. The van der Waals surface area contributed by atoms with Crippen molar-refractivity contribution in [3.05, 3.63) is 94.5 Å². The third-order valence-electron chi connectivity index (χ3n) is 9.21. The minimum Gasteiger partial charge on any atom is -0.493 e. The number of nitriles is 1. The summed E-state index contributed by atoms with van der Waals surface area (Å²) in [5.74, 6) is -3.09. The van der Waals surface area contributed by atoms with E-state index in [1.807, 2.05) is 31.2 Å². The molecule has 8 heteroatoms. The van der Waals surface area contributed by atoms with Gasteiger partial charge in [-0.15, -0.1) is 0 Å². The van der Waals surface area contributed by atoms with Crippen LogP contribution in [0.15, 0.2) is 66.7 Å². The van der Waals surface area contributed by atoms with Gasteiger partial charge in [-0.2, -0.15) is 5.26 Å². The Morgan fingerprint density at radius 3 is 2.19 bits per heavy atom. The van der Waals surface area contributed by atoms with Crippen molar-refractivity contribution < 1.29 is 29.0 Å².